The topological polar surface area (TPSA) is 23.8 Å². The quantitative estimate of drug-likeness (QED) is 0.790. The predicted octanol–water partition coefficient (Wildman–Crippen LogP) is 4.67. The summed E-state index contributed by atoms with van der Waals surface area (Å²) in [6, 6.07) is 10.4. The van der Waals surface area contributed by atoms with Crippen LogP contribution in [0.4, 0.5) is 8.78 Å². The molecular weight excluding hydrogens is 280 g/mol. The lowest BCUT2D eigenvalue weighted by atomic mass is 9.79. The van der Waals surface area contributed by atoms with Gasteiger partial charge in [0.1, 0.15) is 17.7 Å². The van der Waals surface area contributed by atoms with Gasteiger partial charge in [0.05, 0.1) is 5.56 Å². The molecule has 2 aromatic carbocycles. The van der Waals surface area contributed by atoms with E-state index in [2.05, 4.69) is 0 Å². The highest BCUT2D eigenvalue weighted by molar-refractivity contribution is 5.42. The molecule has 0 heterocycles. The summed E-state index contributed by atoms with van der Waals surface area (Å²) in [5.41, 5.74) is 3.71. The highest BCUT2D eigenvalue weighted by Crippen LogP contribution is 2.35. The molecule has 1 nitrogen and oxygen atoms in total. The lowest BCUT2D eigenvalue weighted by Crippen LogP contribution is -2.15. The summed E-state index contributed by atoms with van der Waals surface area (Å²) in [4.78, 5) is 0. The second-order valence-corrected chi connectivity index (χ2v) is 5.86. The van der Waals surface area contributed by atoms with Gasteiger partial charge in [0.25, 0.3) is 0 Å². The van der Waals surface area contributed by atoms with Crippen LogP contribution in [0.5, 0.6) is 0 Å². The van der Waals surface area contributed by atoms with Crippen LogP contribution < -0.4 is 0 Å². The van der Waals surface area contributed by atoms with Crippen LogP contribution in [0, 0.1) is 23.0 Å². The predicted molar refractivity (Wildman–Crippen MR) is 81.7 cm³/mol. The van der Waals surface area contributed by atoms with Gasteiger partial charge in [-0.2, -0.15) is 5.26 Å². The average molecular weight is 297 g/mol. The van der Waals surface area contributed by atoms with Crippen LogP contribution in [0.1, 0.15) is 47.1 Å². The number of hydrogen-bond acceptors (Lipinski definition) is 1. The fourth-order valence-electron chi connectivity index (χ4n) is 3.25. The van der Waals surface area contributed by atoms with Crippen molar-refractivity contribution in [2.45, 2.75) is 38.5 Å². The van der Waals surface area contributed by atoms with Gasteiger partial charge in [-0.15, -0.1) is 0 Å². The van der Waals surface area contributed by atoms with Crippen LogP contribution in [-0.2, 0) is 19.3 Å². The summed E-state index contributed by atoms with van der Waals surface area (Å²) >= 11 is 0. The standard InChI is InChI=1S/C19H17F2N/c1-2-12-3-6-17(19(21)7-12)14-5-4-13-8-16(11-22)18(20)10-15(13)9-14/h3,6-8,10,14H,2,4-5,9H2,1H3. The van der Waals surface area contributed by atoms with Gasteiger partial charge in [-0.25, -0.2) is 8.78 Å². The third-order valence-electron chi connectivity index (χ3n) is 4.55. The molecule has 0 amide bonds. The Morgan fingerprint density at radius 2 is 1.95 bits per heavy atom. The monoisotopic (exact) mass is 297 g/mol. The molecule has 1 aliphatic rings. The van der Waals surface area contributed by atoms with Gasteiger partial charge >= 0.3 is 0 Å². The molecule has 0 aliphatic heterocycles. The lowest BCUT2D eigenvalue weighted by molar-refractivity contribution is 0.529. The minimum Gasteiger partial charge on any atom is -0.207 e. The van der Waals surface area contributed by atoms with Crippen LogP contribution in [0.25, 0.3) is 0 Å². The van der Waals surface area contributed by atoms with Gasteiger partial charge in [-0.3, -0.25) is 0 Å². The van der Waals surface area contributed by atoms with Gasteiger partial charge in [0, 0.05) is 0 Å². The molecule has 3 heteroatoms. The number of hydrogen-bond donors (Lipinski definition) is 0. The molecule has 0 saturated heterocycles. The summed E-state index contributed by atoms with van der Waals surface area (Å²) in [7, 11) is 0. The number of nitrogens with zero attached hydrogens (tertiary/aromatic N) is 1. The van der Waals surface area contributed by atoms with Crippen molar-refractivity contribution >= 4 is 0 Å². The maximum atomic E-state index is 14.3. The Morgan fingerprint density at radius 3 is 2.64 bits per heavy atom. The molecule has 1 atom stereocenters. The minimum atomic E-state index is -0.483. The van der Waals surface area contributed by atoms with E-state index in [-0.39, 0.29) is 17.3 Å². The molecule has 22 heavy (non-hydrogen) atoms. The van der Waals surface area contributed by atoms with Crippen molar-refractivity contribution in [2.75, 3.05) is 0 Å². The molecule has 2 aromatic rings. The van der Waals surface area contributed by atoms with E-state index in [0.717, 1.165) is 36.0 Å². The molecule has 0 radical (unpaired) electrons. The normalized spacial score (nSPS) is 16.9. The van der Waals surface area contributed by atoms with Gasteiger partial charge in [-0.1, -0.05) is 19.1 Å². The van der Waals surface area contributed by atoms with Crippen LogP contribution >= 0.6 is 0 Å². The van der Waals surface area contributed by atoms with E-state index in [1.807, 2.05) is 25.1 Å². The number of fused-ring (bicyclic) bond motifs is 1. The van der Waals surface area contributed by atoms with E-state index in [1.165, 1.54) is 6.07 Å². The number of rotatable bonds is 2. The maximum Gasteiger partial charge on any atom is 0.141 e. The summed E-state index contributed by atoms with van der Waals surface area (Å²) in [5.74, 6) is -0.573. The summed E-state index contributed by atoms with van der Waals surface area (Å²) in [6.45, 7) is 2.00. The Kier molecular flexibility index (Phi) is 3.94. The molecule has 0 fully saturated rings. The van der Waals surface area contributed by atoms with Crippen LogP contribution in [-0.4, -0.2) is 0 Å². The molecule has 1 aliphatic carbocycles. The first-order valence-corrected chi connectivity index (χ1v) is 7.62. The molecule has 0 saturated carbocycles. The van der Waals surface area contributed by atoms with E-state index in [1.54, 1.807) is 12.1 Å². The van der Waals surface area contributed by atoms with E-state index >= 15 is 0 Å². The molecule has 0 N–H and O–H groups in total. The average Bonchev–Trinajstić information content (AvgIpc) is 2.53. The first-order chi connectivity index (χ1) is 10.6. The highest BCUT2D eigenvalue weighted by Gasteiger charge is 2.24. The molecule has 112 valence electrons. The van der Waals surface area contributed by atoms with E-state index in [4.69, 9.17) is 5.26 Å². The lowest BCUT2D eigenvalue weighted by Gasteiger charge is -2.25. The van der Waals surface area contributed by atoms with Crippen molar-refractivity contribution in [1.29, 1.82) is 5.26 Å². The van der Waals surface area contributed by atoms with Crippen molar-refractivity contribution in [3.8, 4) is 6.07 Å². The minimum absolute atomic E-state index is 0.0748. The maximum absolute atomic E-state index is 14.3. The fraction of sp³-hybridized carbons (Fsp3) is 0.316. The van der Waals surface area contributed by atoms with Crippen LogP contribution in [0.15, 0.2) is 30.3 Å². The molecule has 3 rings (SSSR count). The second kappa shape index (κ2) is 5.88. The molecule has 1 unspecified atom stereocenters. The molecule has 0 spiro atoms. The SMILES string of the molecule is CCc1ccc(C2CCc3cc(C#N)c(F)cc3C2)c(F)c1. The summed E-state index contributed by atoms with van der Waals surface area (Å²) < 4.78 is 28.1. The number of aryl methyl sites for hydroxylation is 2. The third kappa shape index (κ3) is 2.62. The number of benzene rings is 2. The van der Waals surface area contributed by atoms with Crippen molar-refractivity contribution < 1.29 is 8.78 Å². The Hall–Kier alpha value is -2.21. The Balaban J connectivity index is 1.91. The first-order valence-electron chi connectivity index (χ1n) is 7.62. The summed E-state index contributed by atoms with van der Waals surface area (Å²) in [6.07, 6.45) is 3.02. The molecule has 0 bridgehead atoms. The Bertz CT molecular complexity index is 759. The Labute approximate surface area is 129 Å². The zero-order valence-corrected chi connectivity index (χ0v) is 12.5. The largest absolute Gasteiger partial charge is 0.207 e. The Morgan fingerprint density at radius 1 is 1.14 bits per heavy atom. The van der Waals surface area contributed by atoms with Gasteiger partial charge in [0.15, 0.2) is 0 Å². The van der Waals surface area contributed by atoms with Gasteiger partial charge in [0.2, 0.25) is 0 Å². The van der Waals surface area contributed by atoms with Gasteiger partial charge in [-0.05, 0) is 72.1 Å². The van der Waals surface area contributed by atoms with Crippen molar-refractivity contribution in [3.63, 3.8) is 0 Å². The van der Waals surface area contributed by atoms with Crippen LogP contribution in [0.3, 0.4) is 0 Å². The fourth-order valence-corrected chi connectivity index (χ4v) is 3.25. The van der Waals surface area contributed by atoms with Gasteiger partial charge < -0.3 is 0 Å². The van der Waals surface area contributed by atoms with Crippen molar-refractivity contribution in [3.05, 3.63) is 69.8 Å². The first kappa shape index (κ1) is 14.7. The zero-order chi connectivity index (χ0) is 15.7. The van der Waals surface area contributed by atoms with E-state index < -0.39 is 5.82 Å². The third-order valence-corrected chi connectivity index (χ3v) is 4.55. The number of nitriles is 1. The highest BCUT2D eigenvalue weighted by atomic mass is 19.1. The summed E-state index contributed by atoms with van der Waals surface area (Å²) in [5, 5.41) is 8.90. The molecule has 0 aromatic heterocycles. The van der Waals surface area contributed by atoms with E-state index in [9.17, 15) is 8.78 Å². The zero-order valence-electron chi connectivity index (χ0n) is 12.5. The molecular formula is C19H17F2N. The number of halogens is 2. The van der Waals surface area contributed by atoms with Crippen LogP contribution in [0.2, 0.25) is 0 Å². The second-order valence-electron chi connectivity index (χ2n) is 5.86. The van der Waals surface area contributed by atoms with Crippen molar-refractivity contribution in [2.24, 2.45) is 0 Å². The smallest absolute Gasteiger partial charge is 0.141 e. The van der Waals surface area contributed by atoms with E-state index in [0.29, 0.717) is 12.0 Å². The van der Waals surface area contributed by atoms with Crippen molar-refractivity contribution in [1.82, 2.24) is 0 Å².